The second-order valence-electron chi connectivity index (χ2n) is 7.56. The van der Waals surface area contributed by atoms with Crippen molar-refractivity contribution in [3.8, 4) is 0 Å². The largest absolute Gasteiger partial charge is 0.465 e. The molecule has 160 valence electrons. The molecule has 4 rings (SSSR count). The molecule has 2 atom stereocenters. The van der Waals surface area contributed by atoms with E-state index in [1.807, 2.05) is 5.32 Å². The third-order valence-electron chi connectivity index (χ3n) is 5.70. The van der Waals surface area contributed by atoms with Crippen LogP contribution in [0.25, 0.3) is 11.0 Å². The number of carbonyl (C=O) groups excluding carboxylic acids is 2. The Labute approximate surface area is 167 Å². The Morgan fingerprint density at radius 1 is 1.30 bits per heavy atom. The smallest absolute Gasteiger partial charge is 0.440 e. The number of alkyl halides is 3. The van der Waals surface area contributed by atoms with Gasteiger partial charge < -0.3 is 15.3 Å². The van der Waals surface area contributed by atoms with Crippen molar-refractivity contribution in [3.05, 3.63) is 23.3 Å². The van der Waals surface area contributed by atoms with Gasteiger partial charge in [-0.05, 0) is 43.5 Å². The Kier molecular flexibility index (Phi) is 4.22. The number of amides is 3. The minimum absolute atomic E-state index is 0.0242. The molecule has 3 heterocycles. The summed E-state index contributed by atoms with van der Waals surface area (Å²) in [7, 11) is 0. The summed E-state index contributed by atoms with van der Waals surface area (Å²) in [5.74, 6) is -3.85. The van der Waals surface area contributed by atoms with Crippen molar-refractivity contribution in [1.82, 2.24) is 19.8 Å². The highest BCUT2D eigenvalue weighted by Crippen LogP contribution is 2.44. The summed E-state index contributed by atoms with van der Waals surface area (Å²) in [6.07, 6.45) is -6.39. The molecular formula is C18H18F3N5O4. The average Bonchev–Trinajstić information content (AvgIpc) is 3.30. The third-order valence-corrected chi connectivity index (χ3v) is 5.70. The van der Waals surface area contributed by atoms with Gasteiger partial charge in [0.1, 0.15) is 0 Å². The fourth-order valence-electron chi connectivity index (χ4n) is 3.92. The molecule has 9 nitrogen and oxygen atoms in total. The number of hydrogen-bond acceptors (Lipinski definition) is 4. The maximum absolute atomic E-state index is 14.4. The van der Waals surface area contributed by atoms with Crippen molar-refractivity contribution < 1.29 is 32.7 Å². The number of halogens is 3. The molecule has 0 bridgehead atoms. The molecule has 1 fully saturated rings. The first kappa shape index (κ1) is 20.0. The summed E-state index contributed by atoms with van der Waals surface area (Å²) in [6, 6.07) is 3.09. The van der Waals surface area contributed by atoms with Gasteiger partial charge in [-0.2, -0.15) is 13.2 Å². The highest BCUT2D eigenvalue weighted by Gasteiger charge is 2.68. The normalized spacial score (nSPS) is 23.6. The molecule has 2 aliphatic heterocycles. The number of likely N-dealkylation sites (tertiary alicyclic amines) is 1. The fourth-order valence-corrected chi connectivity index (χ4v) is 3.92. The predicted octanol–water partition coefficient (Wildman–Crippen LogP) is 1.94. The van der Waals surface area contributed by atoms with Gasteiger partial charge in [0.2, 0.25) is 11.9 Å². The first-order valence-corrected chi connectivity index (χ1v) is 9.14. The summed E-state index contributed by atoms with van der Waals surface area (Å²) < 4.78 is 43.7. The van der Waals surface area contributed by atoms with Crippen LogP contribution in [0.5, 0.6) is 0 Å². The molecule has 1 aromatic heterocycles. The van der Waals surface area contributed by atoms with Crippen LogP contribution in [0.1, 0.15) is 17.5 Å². The summed E-state index contributed by atoms with van der Waals surface area (Å²) in [6.45, 7) is 3.28. The van der Waals surface area contributed by atoms with Gasteiger partial charge in [0.25, 0.3) is 11.6 Å². The Bertz CT molecular complexity index is 1100. The van der Waals surface area contributed by atoms with Crippen LogP contribution in [-0.2, 0) is 15.3 Å². The van der Waals surface area contributed by atoms with Gasteiger partial charge in [-0.25, -0.2) is 9.78 Å². The van der Waals surface area contributed by atoms with Crippen LogP contribution in [0.15, 0.2) is 12.1 Å². The van der Waals surface area contributed by atoms with E-state index in [1.165, 1.54) is 6.07 Å². The van der Waals surface area contributed by atoms with E-state index in [-0.39, 0.29) is 36.5 Å². The van der Waals surface area contributed by atoms with E-state index in [1.54, 1.807) is 19.9 Å². The van der Waals surface area contributed by atoms with Gasteiger partial charge >= 0.3 is 12.3 Å². The second kappa shape index (κ2) is 6.34. The van der Waals surface area contributed by atoms with Crippen LogP contribution in [-0.4, -0.2) is 56.7 Å². The van der Waals surface area contributed by atoms with Crippen LogP contribution in [0.2, 0.25) is 0 Å². The lowest BCUT2D eigenvalue weighted by Gasteiger charge is -2.32. The maximum Gasteiger partial charge on any atom is 0.440 e. The van der Waals surface area contributed by atoms with E-state index in [2.05, 4.69) is 10.3 Å². The molecule has 1 saturated heterocycles. The van der Waals surface area contributed by atoms with Crippen molar-refractivity contribution in [2.45, 2.75) is 32.1 Å². The van der Waals surface area contributed by atoms with Gasteiger partial charge in [0, 0.05) is 13.1 Å². The maximum atomic E-state index is 14.4. The number of aromatic nitrogens is 2. The van der Waals surface area contributed by atoms with E-state index in [0.717, 1.165) is 10.5 Å². The summed E-state index contributed by atoms with van der Waals surface area (Å²) in [5, 5.41) is 13.0. The zero-order valence-electron chi connectivity index (χ0n) is 16.0. The zero-order valence-corrected chi connectivity index (χ0v) is 16.0. The molecule has 0 spiro atoms. The van der Waals surface area contributed by atoms with E-state index in [0.29, 0.717) is 10.1 Å². The van der Waals surface area contributed by atoms with Crippen LogP contribution in [0, 0.1) is 19.8 Å². The molecule has 30 heavy (non-hydrogen) atoms. The Morgan fingerprint density at radius 3 is 2.57 bits per heavy atom. The number of imidazole rings is 1. The number of aryl methyl sites for hydroxylation is 2. The van der Waals surface area contributed by atoms with Crippen molar-refractivity contribution >= 4 is 34.9 Å². The second-order valence-corrected chi connectivity index (χ2v) is 7.56. The Hall–Kier alpha value is -3.31. The number of anilines is 1. The number of hydrogen-bond donors (Lipinski definition) is 3. The molecular weight excluding hydrogens is 407 g/mol. The molecule has 1 aromatic carbocycles. The highest BCUT2D eigenvalue weighted by molar-refractivity contribution is 6.05. The van der Waals surface area contributed by atoms with Crippen molar-refractivity contribution in [2.24, 2.45) is 5.92 Å². The first-order valence-electron chi connectivity index (χ1n) is 9.14. The van der Waals surface area contributed by atoms with Gasteiger partial charge in [0.15, 0.2) is 0 Å². The van der Waals surface area contributed by atoms with E-state index in [4.69, 9.17) is 5.11 Å². The van der Waals surface area contributed by atoms with Crippen molar-refractivity contribution in [1.29, 1.82) is 0 Å². The molecule has 12 heteroatoms. The molecule has 0 radical (unpaired) electrons. The number of fused-ring (bicyclic) bond motifs is 3. The molecule has 0 saturated carbocycles. The third kappa shape index (κ3) is 2.70. The van der Waals surface area contributed by atoms with Crippen LogP contribution in [0.4, 0.5) is 23.9 Å². The number of nitrogens with one attached hydrogen (secondary N) is 2. The van der Waals surface area contributed by atoms with Gasteiger partial charge in [0.05, 0.1) is 17.0 Å². The molecule has 3 amide bonds. The lowest BCUT2D eigenvalue weighted by Crippen LogP contribution is -2.64. The van der Waals surface area contributed by atoms with Crippen molar-refractivity contribution in [2.75, 3.05) is 18.4 Å². The van der Waals surface area contributed by atoms with E-state index < -0.39 is 35.7 Å². The number of benzene rings is 1. The summed E-state index contributed by atoms with van der Waals surface area (Å²) in [5.41, 5.74) is -1.59. The molecule has 0 aliphatic carbocycles. The van der Waals surface area contributed by atoms with Gasteiger partial charge in [-0.3, -0.25) is 19.5 Å². The fraction of sp³-hybridized carbons (Fsp3) is 0.444. The topological polar surface area (TPSA) is 117 Å². The minimum atomic E-state index is -5.19. The van der Waals surface area contributed by atoms with Gasteiger partial charge in [-0.15, -0.1) is 0 Å². The van der Waals surface area contributed by atoms with E-state index >= 15 is 0 Å². The quantitative estimate of drug-likeness (QED) is 0.680. The van der Waals surface area contributed by atoms with Crippen LogP contribution >= 0.6 is 0 Å². The number of carboxylic acid groups (broad SMARTS) is 1. The standard InChI is InChI=1S/C18H18F3N5O4/c1-8-5-11-12(6-9(8)2)26-15(22-11)23-14(28)17(26,18(19,20)21)24-13(27)10-3-4-25(7-10)16(29)30/h5-6,10H,3-4,7H2,1-2H3,(H,24,27)(H,29,30)(H,22,23,28). The lowest BCUT2D eigenvalue weighted by molar-refractivity contribution is -0.218. The molecule has 2 unspecified atom stereocenters. The number of nitrogens with zero attached hydrogens (tertiary/aromatic N) is 3. The number of carbonyl (C=O) groups is 3. The minimum Gasteiger partial charge on any atom is -0.465 e. The monoisotopic (exact) mass is 425 g/mol. The van der Waals surface area contributed by atoms with Crippen LogP contribution in [0.3, 0.4) is 0 Å². The predicted molar refractivity (Wildman–Crippen MR) is 97.7 cm³/mol. The van der Waals surface area contributed by atoms with E-state index in [9.17, 15) is 27.6 Å². The average molecular weight is 425 g/mol. The van der Waals surface area contributed by atoms with Crippen LogP contribution < -0.4 is 10.6 Å². The SMILES string of the molecule is Cc1cc2nc3n(c2cc1C)C(NC(=O)C1CCN(C(=O)O)C1)(C(F)(F)F)C(=O)N3. The highest BCUT2D eigenvalue weighted by atomic mass is 19.4. The number of rotatable bonds is 2. The summed E-state index contributed by atoms with van der Waals surface area (Å²) >= 11 is 0. The zero-order chi connectivity index (χ0) is 22.0. The Balaban J connectivity index is 1.81. The molecule has 2 aliphatic rings. The van der Waals surface area contributed by atoms with Gasteiger partial charge in [-0.1, -0.05) is 0 Å². The first-order chi connectivity index (χ1) is 14.0. The Morgan fingerprint density at radius 2 is 1.97 bits per heavy atom. The lowest BCUT2D eigenvalue weighted by atomic mass is 10.0. The molecule has 2 aromatic rings. The van der Waals surface area contributed by atoms with Crippen molar-refractivity contribution in [3.63, 3.8) is 0 Å². The summed E-state index contributed by atoms with van der Waals surface area (Å²) in [4.78, 5) is 41.4. The molecule has 3 N–H and O–H groups in total.